The number of primary amides is 1. The standard InChI is InChI=1S/C13H24N2O/c1-13(2)8-4-7-11(13)15-10-6-3-5-9(10)12(14)16/h9-11,15H,3-8H2,1-2H3,(H2,14,16). The van der Waals surface area contributed by atoms with Crippen molar-refractivity contribution in [1.82, 2.24) is 5.32 Å². The first-order valence-electron chi connectivity index (χ1n) is 6.56. The minimum Gasteiger partial charge on any atom is -0.369 e. The van der Waals surface area contributed by atoms with Crippen molar-refractivity contribution in [3.05, 3.63) is 0 Å². The predicted molar refractivity (Wildman–Crippen MR) is 64.9 cm³/mol. The van der Waals surface area contributed by atoms with Gasteiger partial charge in [-0.05, 0) is 31.1 Å². The second kappa shape index (κ2) is 4.36. The van der Waals surface area contributed by atoms with Gasteiger partial charge >= 0.3 is 0 Å². The van der Waals surface area contributed by atoms with Crippen LogP contribution < -0.4 is 11.1 Å². The van der Waals surface area contributed by atoms with Crippen LogP contribution in [0.15, 0.2) is 0 Å². The van der Waals surface area contributed by atoms with Crippen molar-refractivity contribution < 1.29 is 4.79 Å². The monoisotopic (exact) mass is 224 g/mol. The molecular formula is C13H24N2O. The Morgan fingerprint density at radius 2 is 2.00 bits per heavy atom. The van der Waals surface area contributed by atoms with Gasteiger partial charge in [-0.1, -0.05) is 26.7 Å². The van der Waals surface area contributed by atoms with Gasteiger partial charge in [0.2, 0.25) is 5.91 Å². The van der Waals surface area contributed by atoms with Crippen LogP contribution in [0, 0.1) is 11.3 Å². The van der Waals surface area contributed by atoms with Gasteiger partial charge in [0.1, 0.15) is 0 Å². The maximum Gasteiger partial charge on any atom is 0.222 e. The van der Waals surface area contributed by atoms with Gasteiger partial charge in [-0.15, -0.1) is 0 Å². The summed E-state index contributed by atoms with van der Waals surface area (Å²) in [5.41, 5.74) is 5.83. The fourth-order valence-electron chi connectivity index (χ4n) is 3.39. The molecule has 0 aliphatic heterocycles. The molecule has 0 aromatic heterocycles. The van der Waals surface area contributed by atoms with Crippen LogP contribution in [0.5, 0.6) is 0 Å². The van der Waals surface area contributed by atoms with Crippen molar-refractivity contribution >= 4 is 5.91 Å². The summed E-state index contributed by atoms with van der Waals surface area (Å²) in [5, 5.41) is 3.70. The molecular weight excluding hydrogens is 200 g/mol. The molecule has 92 valence electrons. The topological polar surface area (TPSA) is 55.1 Å². The summed E-state index contributed by atoms with van der Waals surface area (Å²) in [6.07, 6.45) is 7.06. The molecule has 2 aliphatic rings. The van der Waals surface area contributed by atoms with E-state index in [9.17, 15) is 4.79 Å². The third-order valence-electron chi connectivity index (χ3n) is 4.55. The molecule has 2 aliphatic carbocycles. The van der Waals surface area contributed by atoms with E-state index in [0.717, 1.165) is 19.3 Å². The van der Waals surface area contributed by atoms with Crippen molar-refractivity contribution in [2.24, 2.45) is 17.1 Å². The molecule has 3 N–H and O–H groups in total. The van der Waals surface area contributed by atoms with Crippen molar-refractivity contribution in [3.63, 3.8) is 0 Å². The maximum atomic E-state index is 11.3. The quantitative estimate of drug-likeness (QED) is 0.768. The zero-order valence-electron chi connectivity index (χ0n) is 10.5. The SMILES string of the molecule is CC1(C)CCCC1NC1CCCC1C(N)=O. The molecule has 0 radical (unpaired) electrons. The highest BCUT2D eigenvalue weighted by Crippen LogP contribution is 2.38. The molecule has 0 heterocycles. The molecule has 3 unspecified atom stereocenters. The van der Waals surface area contributed by atoms with Gasteiger partial charge in [0.05, 0.1) is 5.92 Å². The van der Waals surface area contributed by atoms with Gasteiger partial charge < -0.3 is 11.1 Å². The zero-order valence-corrected chi connectivity index (χ0v) is 10.5. The predicted octanol–water partition coefficient (Wildman–Crippen LogP) is 1.81. The van der Waals surface area contributed by atoms with Crippen LogP contribution in [0.1, 0.15) is 52.4 Å². The molecule has 0 aromatic rings. The average molecular weight is 224 g/mol. The Labute approximate surface area is 98.2 Å². The molecule has 2 fully saturated rings. The van der Waals surface area contributed by atoms with Gasteiger partial charge in [-0.25, -0.2) is 0 Å². The summed E-state index contributed by atoms with van der Waals surface area (Å²) in [5.74, 6) is -0.0535. The second-order valence-corrected chi connectivity index (χ2v) is 6.15. The van der Waals surface area contributed by atoms with Crippen LogP contribution in [0.2, 0.25) is 0 Å². The zero-order chi connectivity index (χ0) is 11.8. The number of carbonyl (C=O) groups excluding carboxylic acids is 1. The van der Waals surface area contributed by atoms with E-state index in [4.69, 9.17) is 5.73 Å². The molecule has 1 amide bonds. The van der Waals surface area contributed by atoms with Gasteiger partial charge in [0.15, 0.2) is 0 Å². The third kappa shape index (κ3) is 2.24. The minimum absolute atomic E-state index is 0.0661. The normalized spacial score (nSPS) is 37.8. The van der Waals surface area contributed by atoms with Crippen LogP contribution >= 0.6 is 0 Å². The van der Waals surface area contributed by atoms with E-state index in [0.29, 0.717) is 17.5 Å². The van der Waals surface area contributed by atoms with Crippen molar-refractivity contribution in [2.45, 2.75) is 64.5 Å². The van der Waals surface area contributed by atoms with Gasteiger partial charge in [0.25, 0.3) is 0 Å². The second-order valence-electron chi connectivity index (χ2n) is 6.15. The Kier molecular flexibility index (Phi) is 3.24. The van der Waals surface area contributed by atoms with Gasteiger partial charge in [-0.3, -0.25) is 4.79 Å². The smallest absolute Gasteiger partial charge is 0.222 e. The highest BCUT2D eigenvalue weighted by Gasteiger charge is 2.39. The van der Waals surface area contributed by atoms with E-state index >= 15 is 0 Å². The third-order valence-corrected chi connectivity index (χ3v) is 4.55. The number of rotatable bonds is 3. The molecule has 0 bridgehead atoms. The highest BCUT2D eigenvalue weighted by atomic mass is 16.1. The molecule has 0 saturated heterocycles. The minimum atomic E-state index is -0.120. The number of hydrogen-bond acceptors (Lipinski definition) is 2. The Morgan fingerprint density at radius 3 is 2.56 bits per heavy atom. The van der Waals surface area contributed by atoms with E-state index in [1.807, 2.05) is 0 Å². The Balaban J connectivity index is 1.96. The molecule has 2 rings (SSSR count). The summed E-state index contributed by atoms with van der Waals surface area (Å²) in [6, 6.07) is 0.900. The van der Waals surface area contributed by atoms with E-state index in [-0.39, 0.29) is 11.8 Å². The van der Waals surface area contributed by atoms with Crippen molar-refractivity contribution in [2.75, 3.05) is 0 Å². The number of nitrogens with two attached hydrogens (primary N) is 1. The van der Waals surface area contributed by atoms with Crippen molar-refractivity contribution in [3.8, 4) is 0 Å². The molecule has 16 heavy (non-hydrogen) atoms. The van der Waals surface area contributed by atoms with E-state index in [1.54, 1.807) is 0 Å². The fraction of sp³-hybridized carbons (Fsp3) is 0.923. The molecule has 3 nitrogen and oxygen atoms in total. The van der Waals surface area contributed by atoms with Crippen molar-refractivity contribution in [1.29, 1.82) is 0 Å². The summed E-state index contributed by atoms with van der Waals surface area (Å²) in [4.78, 5) is 11.3. The molecule has 0 aromatic carbocycles. The largest absolute Gasteiger partial charge is 0.369 e. The van der Waals surface area contributed by atoms with Crippen LogP contribution in [-0.2, 0) is 4.79 Å². The van der Waals surface area contributed by atoms with Crippen LogP contribution in [0.4, 0.5) is 0 Å². The lowest BCUT2D eigenvalue weighted by molar-refractivity contribution is -0.122. The fourth-order valence-corrected chi connectivity index (χ4v) is 3.39. The Morgan fingerprint density at radius 1 is 1.25 bits per heavy atom. The van der Waals surface area contributed by atoms with Crippen LogP contribution in [0.25, 0.3) is 0 Å². The van der Waals surface area contributed by atoms with Gasteiger partial charge in [-0.2, -0.15) is 0 Å². The summed E-state index contributed by atoms with van der Waals surface area (Å²) < 4.78 is 0. The first-order valence-corrected chi connectivity index (χ1v) is 6.56. The lowest BCUT2D eigenvalue weighted by atomic mass is 9.86. The Hall–Kier alpha value is -0.570. The number of amides is 1. The lowest BCUT2D eigenvalue weighted by Gasteiger charge is -2.32. The molecule has 2 saturated carbocycles. The number of carbonyl (C=O) groups is 1. The van der Waals surface area contributed by atoms with Crippen LogP contribution in [-0.4, -0.2) is 18.0 Å². The highest BCUT2D eigenvalue weighted by molar-refractivity contribution is 5.77. The molecule has 3 heteroatoms. The van der Waals surface area contributed by atoms with E-state index < -0.39 is 0 Å². The Bertz CT molecular complexity index is 275. The van der Waals surface area contributed by atoms with Crippen LogP contribution in [0.3, 0.4) is 0 Å². The number of nitrogens with one attached hydrogen (secondary N) is 1. The lowest BCUT2D eigenvalue weighted by Crippen LogP contribution is -2.48. The van der Waals surface area contributed by atoms with Gasteiger partial charge in [0, 0.05) is 12.1 Å². The average Bonchev–Trinajstić information content (AvgIpc) is 2.74. The molecule has 0 spiro atoms. The van der Waals surface area contributed by atoms with E-state index in [1.165, 1.54) is 19.3 Å². The molecule has 3 atom stereocenters. The first-order chi connectivity index (χ1) is 7.50. The summed E-state index contributed by atoms with van der Waals surface area (Å²) in [6.45, 7) is 4.65. The maximum absolute atomic E-state index is 11.3. The summed E-state index contributed by atoms with van der Waals surface area (Å²) in [7, 11) is 0. The van der Waals surface area contributed by atoms with E-state index in [2.05, 4.69) is 19.2 Å². The number of hydrogen-bond donors (Lipinski definition) is 2. The summed E-state index contributed by atoms with van der Waals surface area (Å²) >= 11 is 0. The first kappa shape index (κ1) is 11.9.